The van der Waals surface area contributed by atoms with Crippen molar-refractivity contribution in [3.63, 3.8) is 0 Å². The lowest BCUT2D eigenvalue weighted by Gasteiger charge is -2.22. The van der Waals surface area contributed by atoms with Crippen LogP contribution < -0.4 is 4.90 Å². The maximum atomic E-state index is 12.8. The van der Waals surface area contributed by atoms with Crippen LogP contribution in [0.1, 0.15) is 12.2 Å². The second-order valence-corrected chi connectivity index (χ2v) is 6.49. The molecule has 0 radical (unpaired) electrons. The summed E-state index contributed by atoms with van der Waals surface area (Å²) >= 11 is 0. The standard InChI is InChI=1S/C20H21N5O/c1-23(14-19-21-15-25(22-19)17-10-6-3-7-11-17)18-12-13-24(20(18)26)16-8-4-2-5-9-16/h2-11,15,18H,12-14H2,1H3. The molecular formula is C20H21N5O. The Bertz CT molecular complexity index is 877. The van der Waals surface area contributed by atoms with Crippen LogP contribution in [-0.4, -0.2) is 45.2 Å². The Hall–Kier alpha value is -2.99. The van der Waals surface area contributed by atoms with E-state index >= 15 is 0 Å². The van der Waals surface area contributed by atoms with Gasteiger partial charge in [0, 0.05) is 12.2 Å². The fraction of sp³-hybridized carbons (Fsp3) is 0.250. The second kappa shape index (κ2) is 7.09. The molecule has 2 aromatic carbocycles. The number of hydrogen-bond acceptors (Lipinski definition) is 4. The molecule has 6 nitrogen and oxygen atoms in total. The maximum absolute atomic E-state index is 12.8. The first-order valence-electron chi connectivity index (χ1n) is 8.75. The number of likely N-dealkylation sites (N-methyl/N-ethyl adjacent to an activating group) is 1. The van der Waals surface area contributed by atoms with Gasteiger partial charge in [0.05, 0.1) is 18.3 Å². The third-order valence-electron chi connectivity index (χ3n) is 4.73. The Morgan fingerprint density at radius 1 is 1.04 bits per heavy atom. The molecule has 1 unspecified atom stereocenters. The van der Waals surface area contributed by atoms with Crippen molar-refractivity contribution in [2.45, 2.75) is 19.0 Å². The molecule has 4 rings (SSSR count). The van der Waals surface area contributed by atoms with E-state index in [1.807, 2.05) is 77.5 Å². The highest BCUT2D eigenvalue weighted by atomic mass is 16.2. The van der Waals surface area contributed by atoms with Gasteiger partial charge in [0.25, 0.3) is 0 Å². The number of nitrogens with zero attached hydrogens (tertiary/aromatic N) is 5. The van der Waals surface area contributed by atoms with E-state index < -0.39 is 0 Å². The van der Waals surface area contributed by atoms with Crippen LogP contribution in [0.25, 0.3) is 5.69 Å². The summed E-state index contributed by atoms with van der Waals surface area (Å²) in [7, 11) is 1.96. The first-order valence-corrected chi connectivity index (χ1v) is 8.75. The van der Waals surface area contributed by atoms with E-state index in [0.717, 1.165) is 24.3 Å². The Morgan fingerprint density at radius 2 is 1.69 bits per heavy atom. The summed E-state index contributed by atoms with van der Waals surface area (Å²) in [5.74, 6) is 0.850. The van der Waals surface area contributed by atoms with Crippen LogP contribution in [0.15, 0.2) is 67.0 Å². The van der Waals surface area contributed by atoms with E-state index in [-0.39, 0.29) is 11.9 Å². The first kappa shape index (κ1) is 16.5. The van der Waals surface area contributed by atoms with Crippen LogP contribution in [0, 0.1) is 0 Å². The number of rotatable bonds is 5. The molecule has 3 aromatic rings. The average Bonchev–Trinajstić information content (AvgIpc) is 3.30. The Balaban J connectivity index is 1.43. The van der Waals surface area contributed by atoms with E-state index in [1.165, 1.54) is 0 Å². The Labute approximate surface area is 152 Å². The molecule has 0 spiro atoms. The predicted molar refractivity (Wildman–Crippen MR) is 100 cm³/mol. The van der Waals surface area contributed by atoms with E-state index in [0.29, 0.717) is 12.4 Å². The zero-order chi connectivity index (χ0) is 17.9. The van der Waals surface area contributed by atoms with E-state index in [9.17, 15) is 4.79 Å². The summed E-state index contributed by atoms with van der Waals surface area (Å²) in [6.45, 7) is 1.28. The van der Waals surface area contributed by atoms with Crippen molar-refractivity contribution in [3.05, 3.63) is 72.8 Å². The van der Waals surface area contributed by atoms with Crippen molar-refractivity contribution in [2.24, 2.45) is 0 Å². The highest BCUT2D eigenvalue weighted by Gasteiger charge is 2.35. The van der Waals surface area contributed by atoms with Gasteiger partial charge in [-0.15, -0.1) is 5.10 Å². The van der Waals surface area contributed by atoms with Crippen LogP contribution in [0.3, 0.4) is 0 Å². The third kappa shape index (κ3) is 3.23. The fourth-order valence-electron chi connectivity index (χ4n) is 3.35. The summed E-state index contributed by atoms with van der Waals surface area (Å²) < 4.78 is 1.76. The minimum absolute atomic E-state index is 0.140. The molecule has 1 saturated heterocycles. The van der Waals surface area contributed by atoms with Gasteiger partial charge in [-0.1, -0.05) is 36.4 Å². The number of carbonyl (C=O) groups excluding carboxylic acids is 1. The van der Waals surface area contributed by atoms with Gasteiger partial charge in [-0.05, 0) is 37.7 Å². The summed E-state index contributed by atoms with van der Waals surface area (Å²) in [4.78, 5) is 21.1. The molecule has 1 atom stereocenters. The van der Waals surface area contributed by atoms with Crippen LogP contribution in [0.5, 0.6) is 0 Å². The lowest BCUT2D eigenvalue weighted by molar-refractivity contribution is -0.121. The number of hydrogen-bond donors (Lipinski definition) is 0. The van der Waals surface area contributed by atoms with Crippen LogP contribution >= 0.6 is 0 Å². The SMILES string of the molecule is CN(Cc1ncn(-c2ccccc2)n1)C1CCN(c2ccccc2)C1=O. The quantitative estimate of drug-likeness (QED) is 0.712. The van der Waals surface area contributed by atoms with E-state index in [1.54, 1.807) is 11.0 Å². The highest BCUT2D eigenvalue weighted by Crippen LogP contribution is 2.24. The Kier molecular flexibility index (Phi) is 4.50. The molecule has 1 aliphatic rings. The topological polar surface area (TPSA) is 54.3 Å². The van der Waals surface area contributed by atoms with Gasteiger partial charge in [-0.25, -0.2) is 9.67 Å². The zero-order valence-corrected chi connectivity index (χ0v) is 14.7. The lowest BCUT2D eigenvalue weighted by atomic mass is 10.2. The van der Waals surface area contributed by atoms with Gasteiger partial charge in [0.15, 0.2) is 5.82 Å². The molecule has 0 saturated carbocycles. The monoisotopic (exact) mass is 347 g/mol. The van der Waals surface area contributed by atoms with E-state index in [4.69, 9.17) is 0 Å². The van der Waals surface area contributed by atoms with Gasteiger partial charge >= 0.3 is 0 Å². The van der Waals surface area contributed by atoms with Crippen LogP contribution in [-0.2, 0) is 11.3 Å². The number of aromatic nitrogens is 3. The smallest absolute Gasteiger partial charge is 0.244 e. The number of para-hydroxylation sites is 2. The molecule has 26 heavy (non-hydrogen) atoms. The average molecular weight is 347 g/mol. The molecule has 1 aromatic heterocycles. The van der Waals surface area contributed by atoms with Gasteiger partial charge < -0.3 is 4.90 Å². The van der Waals surface area contributed by atoms with Gasteiger partial charge in [-0.2, -0.15) is 0 Å². The van der Waals surface area contributed by atoms with E-state index in [2.05, 4.69) is 10.1 Å². The van der Waals surface area contributed by atoms with Crippen molar-refractivity contribution in [1.82, 2.24) is 19.7 Å². The summed E-state index contributed by atoms with van der Waals surface area (Å²) in [5, 5.41) is 4.53. The highest BCUT2D eigenvalue weighted by molar-refractivity contribution is 5.99. The maximum Gasteiger partial charge on any atom is 0.244 e. The molecule has 132 valence electrons. The first-order chi connectivity index (χ1) is 12.7. The number of amides is 1. The molecular weight excluding hydrogens is 326 g/mol. The second-order valence-electron chi connectivity index (χ2n) is 6.49. The summed E-state index contributed by atoms with van der Waals surface area (Å²) in [6, 6.07) is 19.6. The molecule has 1 aliphatic heterocycles. The molecule has 1 amide bonds. The fourth-order valence-corrected chi connectivity index (χ4v) is 3.35. The largest absolute Gasteiger partial charge is 0.311 e. The van der Waals surface area contributed by atoms with Crippen molar-refractivity contribution in [1.29, 1.82) is 0 Å². The summed E-state index contributed by atoms with van der Waals surface area (Å²) in [6.07, 6.45) is 2.52. The Morgan fingerprint density at radius 3 is 2.38 bits per heavy atom. The summed E-state index contributed by atoms with van der Waals surface area (Å²) in [5.41, 5.74) is 1.93. The number of anilines is 1. The van der Waals surface area contributed by atoms with Crippen molar-refractivity contribution in [2.75, 3.05) is 18.5 Å². The molecule has 0 bridgehead atoms. The van der Waals surface area contributed by atoms with Crippen LogP contribution in [0.2, 0.25) is 0 Å². The van der Waals surface area contributed by atoms with Gasteiger partial charge in [0.1, 0.15) is 6.33 Å². The molecule has 6 heteroatoms. The van der Waals surface area contributed by atoms with Gasteiger partial charge in [-0.3, -0.25) is 9.69 Å². The number of carbonyl (C=O) groups is 1. The zero-order valence-electron chi connectivity index (χ0n) is 14.7. The van der Waals surface area contributed by atoms with Crippen molar-refractivity contribution >= 4 is 11.6 Å². The third-order valence-corrected chi connectivity index (χ3v) is 4.73. The molecule has 2 heterocycles. The predicted octanol–water partition coefficient (Wildman–Crippen LogP) is 2.50. The number of benzene rings is 2. The lowest BCUT2D eigenvalue weighted by Crippen LogP contribution is -2.39. The van der Waals surface area contributed by atoms with Crippen molar-refractivity contribution < 1.29 is 4.79 Å². The van der Waals surface area contributed by atoms with Gasteiger partial charge in [0.2, 0.25) is 5.91 Å². The molecule has 1 fully saturated rings. The molecule has 0 aliphatic carbocycles. The normalized spacial score (nSPS) is 17.2. The van der Waals surface area contributed by atoms with Crippen LogP contribution in [0.4, 0.5) is 5.69 Å². The minimum Gasteiger partial charge on any atom is -0.311 e. The molecule has 0 N–H and O–H groups in total. The van der Waals surface area contributed by atoms with Crippen molar-refractivity contribution in [3.8, 4) is 5.69 Å². The minimum atomic E-state index is -0.140.